The number of carbonyl (C=O) groups is 1. The van der Waals surface area contributed by atoms with Crippen LogP contribution in [0.5, 0.6) is 0 Å². The normalized spacial score (nSPS) is 10.7. The lowest BCUT2D eigenvalue weighted by atomic mass is 10.1. The molecule has 0 aliphatic heterocycles. The first-order chi connectivity index (χ1) is 11.1. The molecule has 0 saturated heterocycles. The number of hydrogen-bond donors (Lipinski definition) is 0. The van der Waals surface area contributed by atoms with Gasteiger partial charge in [0.2, 0.25) is 5.69 Å². The predicted octanol–water partition coefficient (Wildman–Crippen LogP) is 1.95. The summed E-state index contributed by atoms with van der Waals surface area (Å²) in [5.74, 6) is -1.02. The van der Waals surface area contributed by atoms with Gasteiger partial charge >= 0.3 is 11.7 Å². The molecule has 6 nitrogen and oxygen atoms in total. The summed E-state index contributed by atoms with van der Waals surface area (Å²) in [6.07, 6.45) is 0. The maximum absolute atomic E-state index is 12.1. The summed E-state index contributed by atoms with van der Waals surface area (Å²) in [5.41, 5.74) is 2.38. The van der Waals surface area contributed by atoms with Gasteiger partial charge in [-0.05, 0) is 31.5 Å². The lowest BCUT2D eigenvalue weighted by Crippen LogP contribution is -2.50. The van der Waals surface area contributed by atoms with Crippen molar-refractivity contribution in [2.24, 2.45) is 0 Å². The Morgan fingerprint density at radius 3 is 2.70 bits per heavy atom. The monoisotopic (exact) mass is 311 g/mol. The highest BCUT2D eigenvalue weighted by atomic mass is 16.5. The number of para-hydroxylation sites is 1. The Kier molecular flexibility index (Phi) is 3.89. The van der Waals surface area contributed by atoms with Crippen LogP contribution in [0.15, 0.2) is 51.7 Å². The van der Waals surface area contributed by atoms with Crippen LogP contribution in [-0.2, 0) is 4.74 Å². The van der Waals surface area contributed by atoms with E-state index >= 15 is 0 Å². The third kappa shape index (κ3) is 2.83. The van der Waals surface area contributed by atoms with Gasteiger partial charge in [-0.1, -0.05) is 18.2 Å². The average Bonchev–Trinajstić information content (AvgIpc) is 2.56. The Hall–Kier alpha value is -3.02. The summed E-state index contributed by atoms with van der Waals surface area (Å²) < 4.78 is 11.5. The van der Waals surface area contributed by atoms with Gasteiger partial charge in [0.15, 0.2) is 11.1 Å². The van der Waals surface area contributed by atoms with E-state index in [-0.39, 0.29) is 6.61 Å². The predicted molar refractivity (Wildman–Crippen MR) is 82.5 cm³/mol. The van der Waals surface area contributed by atoms with Crippen LogP contribution in [0.2, 0.25) is 0 Å². The van der Waals surface area contributed by atoms with Gasteiger partial charge in [0.05, 0.1) is 12.2 Å². The van der Waals surface area contributed by atoms with Crippen LogP contribution in [0.25, 0.3) is 16.8 Å². The van der Waals surface area contributed by atoms with Gasteiger partial charge in [-0.3, -0.25) is 0 Å². The summed E-state index contributed by atoms with van der Waals surface area (Å²) in [7, 11) is 0. The van der Waals surface area contributed by atoms with Crippen molar-refractivity contribution >= 4 is 17.1 Å². The van der Waals surface area contributed by atoms with Crippen molar-refractivity contribution in [1.29, 1.82) is 0 Å². The third-order valence-electron chi connectivity index (χ3n) is 3.34. The fraction of sp³-hybridized carbons (Fsp3) is 0.176. The van der Waals surface area contributed by atoms with E-state index in [0.29, 0.717) is 27.9 Å². The molecule has 2 aromatic carbocycles. The summed E-state index contributed by atoms with van der Waals surface area (Å²) in [5, 5.41) is 4.31. The number of hydrogen-bond acceptors (Lipinski definition) is 5. The van der Waals surface area contributed by atoms with Crippen LogP contribution in [0.1, 0.15) is 22.8 Å². The quantitative estimate of drug-likeness (QED) is 0.546. The van der Waals surface area contributed by atoms with E-state index in [1.165, 1.54) is 0 Å². The molecule has 0 saturated carbocycles. The van der Waals surface area contributed by atoms with Gasteiger partial charge in [-0.25, -0.2) is 4.79 Å². The minimum absolute atomic E-state index is 0.289. The number of aryl methyl sites for hydroxylation is 1. The molecule has 0 aliphatic rings. The molecule has 23 heavy (non-hydrogen) atoms. The van der Waals surface area contributed by atoms with E-state index in [1.807, 2.05) is 6.07 Å². The molecule has 116 valence electrons. The standard InChI is InChI=1S/C17H15N2O4/c1-3-22-16(20)12-9-11(2)15-14(10-12)18-19(17(21)23-15)13-7-5-4-6-8-13/h4-10H,3H2,1-2H3/q+1. The molecular formula is C17H15N2O4+. The van der Waals surface area contributed by atoms with E-state index in [2.05, 4.69) is 5.10 Å². The number of rotatable bonds is 3. The van der Waals surface area contributed by atoms with Crippen molar-refractivity contribution in [2.75, 3.05) is 6.61 Å². The molecule has 0 bridgehead atoms. The zero-order valence-electron chi connectivity index (χ0n) is 12.8. The van der Waals surface area contributed by atoms with Crippen LogP contribution in [0, 0.1) is 6.92 Å². The number of fused-ring (bicyclic) bond motifs is 1. The van der Waals surface area contributed by atoms with Crippen LogP contribution >= 0.6 is 0 Å². The Balaban J connectivity index is 2.21. The lowest BCUT2D eigenvalue weighted by molar-refractivity contribution is -0.683. The van der Waals surface area contributed by atoms with E-state index in [0.717, 1.165) is 4.68 Å². The SMILES string of the molecule is CCOC(=O)c1cc(C)c2oc(=O)[n+](-c3ccccc3)nc2c1. The van der Waals surface area contributed by atoms with E-state index in [9.17, 15) is 9.59 Å². The number of benzene rings is 2. The fourth-order valence-electron chi connectivity index (χ4n) is 2.31. The molecule has 0 radical (unpaired) electrons. The van der Waals surface area contributed by atoms with Crippen LogP contribution in [-0.4, -0.2) is 17.7 Å². The maximum atomic E-state index is 12.1. The van der Waals surface area contributed by atoms with Crippen LogP contribution < -0.4 is 10.4 Å². The van der Waals surface area contributed by atoms with Gasteiger partial charge in [-0.15, -0.1) is 0 Å². The molecule has 1 aromatic heterocycles. The minimum Gasteiger partial charge on any atom is -0.462 e. The van der Waals surface area contributed by atoms with Crippen LogP contribution in [0.3, 0.4) is 0 Å². The second kappa shape index (κ2) is 6.00. The molecule has 1 heterocycles. The number of carbonyl (C=O) groups excluding carboxylic acids is 1. The molecule has 6 heteroatoms. The van der Waals surface area contributed by atoms with Gasteiger partial charge in [0.25, 0.3) is 0 Å². The van der Waals surface area contributed by atoms with Gasteiger partial charge in [0, 0.05) is 21.9 Å². The summed E-state index contributed by atoms with van der Waals surface area (Å²) in [4.78, 5) is 24.1. The van der Waals surface area contributed by atoms with Gasteiger partial charge in [-0.2, -0.15) is 4.79 Å². The Bertz CT molecular complexity index is 932. The zero-order chi connectivity index (χ0) is 16.4. The lowest BCUT2D eigenvalue weighted by Gasteiger charge is -2.04. The first-order valence-corrected chi connectivity index (χ1v) is 7.20. The van der Waals surface area contributed by atoms with Crippen molar-refractivity contribution in [2.45, 2.75) is 13.8 Å². The molecule has 0 atom stereocenters. The largest absolute Gasteiger partial charge is 0.634 e. The maximum Gasteiger partial charge on any atom is 0.634 e. The highest BCUT2D eigenvalue weighted by Crippen LogP contribution is 2.17. The Morgan fingerprint density at radius 2 is 2.00 bits per heavy atom. The first-order valence-electron chi connectivity index (χ1n) is 7.20. The molecule has 0 aliphatic carbocycles. The first kappa shape index (κ1) is 14.9. The molecule has 0 fully saturated rings. The van der Waals surface area contributed by atoms with Crippen molar-refractivity contribution < 1.29 is 18.6 Å². The number of ether oxygens (including phenoxy) is 1. The van der Waals surface area contributed by atoms with E-state index < -0.39 is 11.7 Å². The van der Waals surface area contributed by atoms with Crippen molar-refractivity contribution in [3.8, 4) is 5.69 Å². The molecular weight excluding hydrogens is 296 g/mol. The molecule has 3 rings (SSSR count). The second-order valence-corrected chi connectivity index (χ2v) is 4.98. The molecule has 0 spiro atoms. The molecule has 0 amide bonds. The highest BCUT2D eigenvalue weighted by Gasteiger charge is 2.20. The summed E-state index contributed by atoms with van der Waals surface area (Å²) >= 11 is 0. The van der Waals surface area contributed by atoms with E-state index in [1.54, 1.807) is 50.2 Å². The fourth-order valence-corrected chi connectivity index (χ4v) is 2.31. The minimum atomic E-state index is -0.587. The Labute approximate surface area is 131 Å². The number of nitrogens with zero attached hydrogens (tertiary/aromatic N) is 2. The summed E-state index contributed by atoms with van der Waals surface area (Å²) in [6, 6.07) is 12.1. The number of aromatic nitrogens is 2. The molecule has 0 N–H and O–H groups in total. The average molecular weight is 311 g/mol. The Morgan fingerprint density at radius 1 is 1.26 bits per heavy atom. The van der Waals surface area contributed by atoms with Gasteiger partial charge < -0.3 is 9.15 Å². The second-order valence-electron chi connectivity index (χ2n) is 4.98. The van der Waals surface area contributed by atoms with Gasteiger partial charge in [0.1, 0.15) is 0 Å². The summed E-state index contributed by atoms with van der Waals surface area (Å²) in [6.45, 7) is 3.78. The topological polar surface area (TPSA) is 73.3 Å². The van der Waals surface area contributed by atoms with Crippen molar-refractivity contribution in [3.05, 3.63) is 64.1 Å². The third-order valence-corrected chi connectivity index (χ3v) is 3.34. The number of esters is 1. The molecule has 3 aromatic rings. The van der Waals surface area contributed by atoms with Crippen molar-refractivity contribution in [3.63, 3.8) is 0 Å². The van der Waals surface area contributed by atoms with E-state index in [4.69, 9.17) is 9.15 Å². The highest BCUT2D eigenvalue weighted by molar-refractivity contribution is 5.94. The smallest absolute Gasteiger partial charge is 0.462 e. The van der Waals surface area contributed by atoms with Crippen LogP contribution in [0.4, 0.5) is 0 Å². The zero-order valence-corrected chi connectivity index (χ0v) is 12.8. The molecule has 0 unspecified atom stereocenters. The van der Waals surface area contributed by atoms with Crippen molar-refractivity contribution in [1.82, 2.24) is 5.10 Å².